The lowest BCUT2D eigenvalue weighted by Gasteiger charge is -2.18. The van der Waals surface area contributed by atoms with Gasteiger partial charge in [0.15, 0.2) is 6.29 Å². The van der Waals surface area contributed by atoms with Gasteiger partial charge in [-0.25, -0.2) is 0 Å². The standard InChI is InChI=1S/C13H19NO3S/c1-3-15-12(16-4-2)10-14-13(18)17-11-8-6-5-7-9-11/h5-9,12H,3-4,10H2,1-2H3,(H,14,18). The minimum absolute atomic E-state index is 0.308. The van der Waals surface area contributed by atoms with Crippen LogP contribution in [0, 0.1) is 0 Å². The summed E-state index contributed by atoms with van der Waals surface area (Å²) in [5.74, 6) is 0.708. The van der Waals surface area contributed by atoms with Crippen molar-refractivity contribution in [2.45, 2.75) is 20.1 Å². The van der Waals surface area contributed by atoms with Gasteiger partial charge in [-0.2, -0.15) is 0 Å². The number of thiocarbonyl (C=S) groups is 1. The predicted octanol–water partition coefficient (Wildman–Crippen LogP) is 2.34. The van der Waals surface area contributed by atoms with Crippen molar-refractivity contribution in [1.29, 1.82) is 0 Å². The molecule has 100 valence electrons. The minimum atomic E-state index is -0.308. The van der Waals surface area contributed by atoms with Crippen molar-refractivity contribution in [2.75, 3.05) is 19.8 Å². The lowest BCUT2D eigenvalue weighted by atomic mass is 10.3. The zero-order valence-corrected chi connectivity index (χ0v) is 11.5. The summed E-state index contributed by atoms with van der Waals surface area (Å²) >= 11 is 5.08. The second-order valence-corrected chi connectivity index (χ2v) is 3.79. The van der Waals surface area contributed by atoms with Crippen LogP contribution >= 0.6 is 12.2 Å². The van der Waals surface area contributed by atoms with E-state index in [1.807, 2.05) is 44.2 Å². The molecule has 0 heterocycles. The molecule has 0 aliphatic rings. The number of para-hydroxylation sites is 1. The van der Waals surface area contributed by atoms with Crippen molar-refractivity contribution in [3.05, 3.63) is 30.3 Å². The molecule has 18 heavy (non-hydrogen) atoms. The fraction of sp³-hybridized carbons (Fsp3) is 0.462. The third-order valence-corrected chi connectivity index (χ3v) is 2.30. The summed E-state index contributed by atoms with van der Waals surface area (Å²) in [6.07, 6.45) is -0.308. The van der Waals surface area contributed by atoms with E-state index >= 15 is 0 Å². The van der Waals surface area contributed by atoms with Crippen LogP contribution in [0.4, 0.5) is 0 Å². The van der Waals surface area contributed by atoms with Crippen LogP contribution in [0.2, 0.25) is 0 Å². The average molecular weight is 269 g/mol. The zero-order valence-electron chi connectivity index (χ0n) is 10.7. The summed E-state index contributed by atoms with van der Waals surface area (Å²) in [5, 5.41) is 3.27. The largest absolute Gasteiger partial charge is 0.432 e. The molecule has 0 amide bonds. The molecule has 1 aromatic carbocycles. The second kappa shape index (κ2) is 8.85. The van der Waals surface area contributed by atoms with Gasteiger partial charge >= 0.3 is 0 Å². The zero-order chi connectivity index (χ0) is 13.2. The number of hydrogen-bond acceptors (Lipinski definition) is 4. The smallest absolute Gasteiger partial charge is 0.262 e. The van der Waals surface area contributed by atoms with Gasteiger partial charge in [-0.3, -0.25) is 0 Å². The molecule has 0 atom stereocenters. The molecular formula is C13H19NO3S. The maximum Gasteiger partial charge on any atom is 0.262 e. The van der Waals surface area contributed by atoms with Crippen LogP contribution in [0.5, 0.6) is 5.75 Å². The molecule has 0 aromatic heterocycles. The molecule has 0 fully saturated rings. The van der Waals surface area contributed by atoms with Gasteiger partial charge in [0.25, 0.3) is 5.17 Å². The van der Waals surface area contributed by atoms with Crippen molar-refractivity contribution in [1.82, 2.24) is 5.32 Å². The van der Waals surface area contributed by atoms with Gasteiger partial charge < -0.3 is 19.5 Å². The molecule has 0 bridgehead atoms. The van der Waals surface area contributed by atoms with Crippen LogP contribution in [0.25, 0.3) is 0 Å². The van der Waals surface area contributed by atoms with E-state index < -0.39 is 0 Å². The van der Waals surface area contributed by atoms with Gasteiger partial charge in [0, 0.05) is 13.2 Å². The molecule has 1 aromatic rings. The molecule has 0 saturated heterocycles. The number of ether oxygens (including phenoxy) is 3. The Labute approximate surface area is 113 Å². The number of nitrogens with one attached hydrogen (secondary N) is 1. The Morgan fingerprint density at radius 2 is 1.78 bits per heavy atom. The topological polar surface area (TPSA) is 39.7 Å². The molecule has 0 aliphatic carbocycles. The number of rotatable bonds is 7. The van der Waals surface area contributed by atoms with Gasteiger partial charge in [-0.15, -0.1) is 0 Å². The summed E-state index contributed by atoms with van der Waals surface area (Å²) < 4.78 is 16.2. The second-order valence-electron chi connectivity index (χ2n) is 3.42. The first-order valence-corrected chi connectivity index (χ1v) is 6.41. The van der Waals surface area contributed by atoms with Crippen molar-refractivity contribution >= 4 is 17.4 Å². The van der Waals surface area contributed by atoms with E-state index in [0.717, 1.165) is 0 Å². The van der Waals surface area contributed by atoms with E-state index in [1.54, 1.807) is 0 Å². The Balaban J connectivity index is 2.31. The predicted molar refractivity (Wildman–Crippen MR) is 74.7 cm³/mol. The Kier molecular flexibility index (Phi) is 7.32. The van der Waals surface area contributed by atoms with E-state index in [-0.39, 0.29) is 6.29 Å². The normalized spacial score (nSPS) is 10.4. The summed E-state index contributed by atoms with van der Waals surface area (Å²) in [6.45, 7) is 5.50. The maximum atomic E-state index is 5.43. The summed E-state index contributed by atoms with van der Waals surface area (Å²) in [7, 11) is 0. The fourth-order valence-electron chi connectivity index (χ4n) is 1.34. The molecule has 5 heteroatoms. The van der Waals surface area contributed by atoms with Crippen LogP contribution in [-0.2, 0) is 9.47 Å². The van der Waals surface area contributed by atoms with Crippen LogP contribution in [0.15, 0.2) is 30.3 Å². The van der Waals surface area contributed by atoms with Gasteiger partial charge in [0.2, 0.25) is 0 Å². The van der Waals surface area contributed by atoms with Gasteiger partial charge in [0.1, 0.15) is 5.75 Å². The van der Waals surface area contributed by atoms with Crippen LogP contribution in [0.3, 0.4) is 0 Å². The Morgan fingerprint density at radius 3 is 2.33 bits per heavy atom. The first-order chi connectivity index (χ1) is 8.76. The highest BCUT2D eigenvalue weighted by atomic mass is 32.1. The third-order valence-electron chi connectivity index (χ3n) is 2.07. The summed E-state index contributed by atoms with van der Waals surface area (Å²) in [6, 6.07) is 9.39. The Morgan fingerprint density at radius 1 is 1.17 bits per heavy atom. The van der Waals surface area contributed by atoms with Crippen molar-refractivity contribution in [3.8, 4) is 5.75 Å². The quantitative estimate of drug-likeness (QED) is 0.607. The van der Waals surface area contributed by atoms with Crippen LogP contribution in [-0.4, -0.2) is 31.2 Å². The van der Waals surface area contributed by atoms with E-state index in [0.29, 0.717) is 30.7 Å². The van der Waals surface area contributed by atoms with Gasteiger partial charge in [-0.1, -0.05) is 18.2 Å². The molecule has 1 N–H and O–H groups in total. The van der Waals surface area contributed by atoms with E-state index in [1.165, 1.54) is 0 Å². The maximum absolute atomic E-state index is 5.43. The highest BCUT2D eigenvalue weighted by molar-refractivity contribution is 7.80. The molecular weight excluding hydrogens is 250 g/mol. The van der Waals surface area contributed by atoms with Crippen molar-refractivity contribution in [3.63, 3.8) is 0 Å². The Bertz CT molecular complexity index is 339. The lowest BCUT2D eigenvalue weighted by Crippen LogP contribution is -2.36. The van der Waals surface area contributed by atoms with Gasteiger partial charge in [0.05, 0.1) is 6.54 Å². The van der Waals surface area contributed by atoms with Crippen LogP contribution < -0.4 is 10.1 Å². The number of hydrogen-bond donors (Lipinski definition) is 1. The monoisotopic (exact) mass is 269 g/mol. The van der Waals surface area contributed by atoms with Gasteiger partial charge in [-0.05, 0) is 38.2 Å². The van der Waals surface area contributed by atoms with Crippen LogP contribution in [0.1, 0.15) is 13.8 Å². The van der Waals surface area contributed by atoms with E-state index in [4.69, 9.17) is 26.4 Å². The molecule has 0 unspecified atom stereocenters. The first kappa shape index (κ1) is 14.9. The molecule has 0 aliphatic heterocycles. The Hall–Kier alpha value is -1.17. The highest BCUT2D eigenvalue weighted by Crippen LogP contribution is 2.08. The van der Waals surface area contributed by atoms with E-state index in [2.05, 4.69) is 5.32 Å². The van der Waals surface area contributed by atoms with Crippen molar-refractivity contribution < 1.29 is 14.2 Å². The highest BCUT2D eigenvalue weighted by Gasteiger charge is 2.08. The SMILES string of the molecule is CCOC(CNC(=S)Oc1ccccc1)OCC. The average Bonchev–Trinajstić information content (AvgIpc) is 2.38. The van der Waals surface area contributed by atoms with E-state index in [9.17, 15) is 0 Å². The molecule has 4 nitrogen and oxygen atoms in total. The fourth-order valence-corrected chi connectivity index (χ4v) is 1.52. The first-order valence-electron chi connectivity index (χ1n) is 6.00. The number of benzene rings is 1. The molecule has 0 radical (unpaired) electrons. The van der Waals surface area contributed by atoms with Crippen molar-refractivity contribution in [2.24, 2.45) is 0 Å². The minimum Gasteiger partial charge on any atom is -0.432 e. The third kappa shape index (κ3) is 5.95. The summed E-state index contributed by atoms with van der Waals surface area (Å²) in [5.41, 5.74) is 0. The molecule has 0 spiro atoms. The molecule has 1 rings (SSSR count). The molecule has 0 saturated carbocycles. The lowest BCUT2D eigenvalue weighted by molar-refractivity contribution is -0.131. The summed E-state index contributed by atoms with van der Waals surface area (Å²) in [4.78, 5) is 0.